The van der Waals surface area contributed by atoms with E-state index in [9.17, 15) is 9.59 Å². The number of hydrogen-bond acceptors (Lipinski definition) is 2. The fraction of sp³-hybridized carbons (Fsp3) is 0.467. The number of nitrogens with one attached hydrogen (secondary N) is 1. The maximum Gasteiger partial charge on any atom is 0.336 e. The fourth-order valence-electron chi connectivity index (χ4n) is 2.42. The van der Waals surface area contributed by atoms with Gasteiger partial charge >= 0.3 is 12.0 Å². The molecule has 1 aliphatic rings. The quantitative estimate of drug-likeness (QED) is 0.872. The van der Waals surface area contributed by atoms with Crippen molar-refractivity contribution in [3.05, 3.63) is 29.3 Å². The van der Waals surface area contributed by atoms with Crippen molar-refractivity contribution in [2.24, 2.45) is 5.41 Å². The molecule has 5 nitrogen and oxygen atoms in total. The molecular weight excluding hydrogens is 256 g/mol. The number of carboxylic acids is 1. The first-order valence-corrected chi connectivity index (χ1v) is 6.68. The lowest BCUT2D eigenvalue weighted by Gasteiger charge is -2.20. The number of carbonyl (C=O) groups is 2. The topological polar surface area (TPSA) is 69.6 Å². The number of carbonyl (C=O) groups excluding carboxylic acids is 1. The number of hydrogen-bond donors (Lipinski definition) is 2. The molecule has 2 amide bonds. The number of benzene rings is 1. The zero-order chi connectivity index (χ0) is 14.9. The van der Waals surface area contributed by atoms with E-state index in [2.05, 4.69) is 19.2 Å². The number of anilines is 1. The number of aryl methyl sites for hydroxylation is 1. The molecule has 1 heterocycles. The summed E-state index contributed by atoms with van der Waals surface area (Å²) in [6.45, 7) is 7.45. The molecule has 1 fully saturated rings. The molecule has 0 saturated carbocycles. The van der Waals surface area contributed by atoms with Gasteiger partial charge in [0.1, 0.15) is 0 Å². The molecule has 5 heteroatoms. The van der Waals surface area contributed by atoms with Crippen LogP contribution >= 0.6 is 0 Å². The van der Waals surface area contributed by atoms with Crippen molar-refractivity contribution in [2.45, 2.75) is 27.2 Å². The molecule has 1 aromatic rings. The van der Waals surface area contributed by atoms with Crippen LogP contribution < -0.4 is 5.32 Å². The normalized spacial score (nSPS) is 17.1. The van der Waals surface area contributed by atoms with Gasteiger partial charge < -0.3 is 15.3 Å². The highest BCUT2D eigenvalue weighted by Gasteiger charge is 2.32. The van der Waals surface area contributed by atoms with Crippen LogP contribution in [0.25, 0.3) is 0 Å². The van der Waals surface area contributed by atoms with Gasteiger partial charge in [-0.05, 0) is 36.5 Å². The third kappa shape index (κ3) is 3.10. The molecule has 0 atom stereocenters. The zero-order valence-corrected chi connectivity index (χ0v) is 12.1. The van der Waals surface area contributed by atoms with Gasteiger partial charge in [0.25, 0.3) is 0 Å². The molecule has 0 bridgehead atoms. The minimum atomic E-state index is -0.985. The van der Waals surface area contributed by atoms with Gasteiger partial charge in [-0.3, -0.25) is 0 Å². The van der Waals surface area contributed by atoms with Crippen LogP contribution in [0.15, 0.2) is 18.2 Å². The van der Waals surface area contributed by atoms with Crippen molar-refractivity contribution < 1.29 is 14.7 Å². The standard InChI is InChI=1S/C15H20N2O3/c1-10-4-5-11(8-12(10)13(18)19)16-14(20)17-7-6-15(2,3)9-17/h4-5,8H,6-7,9H2,1-3H3,(H,16,20)(H,18,19). The Balaban J connectivity index is 2.09. The van der Waals surface area contributed by atoms with Crippen LogP contribution in [0.4, 0.5) is 10.5 Å². The average Bonchev–Trinajstić information content (AvgIpc) is 2.72. The van der Waals surface area contributed by atoms with Crippen LogP contribution in [-0.2, 0) is 0 Å². The predicted octanol–water partition coefficient (Wildman–Crippen LogP) is 2.96. The first kappa shape index (κ1) is 14.4. The number of carboxylic acid groups (broad SMARTS) is 1. The van der Waals surface area contributed by atoms with Crippen molar-refractivity contribution >= 4 is 17.7 Å². The highest BCUT2D eigenvalue weighted by atomic mass is 16.4. The minimum absolute atomic E-state index is 0.150. The first-order chi connectivity index (χ1) is 9.28. The maximum absolute atomic E-state index is 12.1. The molecule has 1 aromatic carbocycles. The second-order valence-corrected chi connectivity index (χ2v) is 6.10. The molecule has 2 N–H and O–H groups in total. The molecule has 0 spiro atoms. The Kier molecular flexibility index (Phi) is 3.70. The van der Waals surface area contributed by atoms with E-state index in [1.54, 1.807) is 24.0 Å². The highest BCUT2D eigenvalue weighted by molar-refractivity contribution is 5.94. The summed E-state index contributed by atoms with van der Waals surface area (Å²) in [5, 5.41) is 11.8. The summed E-state index contributed by atoms with van der Waals surface area (Å²) in [6.07, 6.45) is 0.981. The van der Waals surface area contributed by atoms with Gasteiger partial charge in [-0.2, -0.15) is 0 Å². The molecule has 1 saturated heterocycles. The van der Waals surface area contributed by atoms with Gasteiger partial charge in [0.2, 0.25) is 0 Å². The van der Waals surface area contributed by atoms with Crippen LogP contribution in [0.1, 0.15) is 36.2 Å². The fourth-order valence-corrected chi connectivity index (χ4v) is 2.42. The Morgan fingerprint density at radius 3 is 2.60 bits per heavy atom. The van der Waals surface area contributed by atoms with Crippen LogP contribution in [0.2, 0.25) is 0 Å². The summed E-state index contributed by atoms with van der Waals surface area (Å²) in [5.74, 6) is -0.985. The molecule has 108 valence electrons. The number of nitrogens with zero attached hydrogens (tertiary/aromatic N) is 1. The summed E-state index contributed by atoms with van der Waals surface area (Å²) < 4.78 is 0. The third-order valence-corrected chi connectivity index (χ3v) is 3.68. The lowest BCUT2D eigenvalue weighted by atomic mass is 9.93. The molecule has 0 aliphatic carbocycles. The van der Waals surface area contributed by atoms with Crippen LogP contribution in [0.3, 0.4) is 0 Å². The Morgan fingerprint density at radius 1 is 1.35 bits per heavy atom. The van der Waals surface area contributed by atoms with Gasteiger partial charge in [0.05, 0.1) is 5.56 Å². The van der Waals surface area contributed by atoms with E-state index in [0.29, 0.717) is 11.3 Å². The highest BCUT2D eigenvalue weighted by Crippen LogP contribution is 2.29. The smallest absolute Gasteiger partial charge is 0.336 e. The van der Waals surface area contributed by atoms with E-state index in [1.165, 1.54) is 6.07 Å². The molecule has 0 unspecified atom stereocenters. The van der Waals surface area contributed by atoms with E-state index >= 15 is 0 Å². The molecule has 2 rings (SSSR count). The molecular formula is C15H20N2O3. The maximum atomic E-state index is 12.1. The summed E-state index contributed by atoms with van der Waals surface area (Å²) >= 11 is 0. The number of urea groups is 1. The summed E-state index contributed by atoms with van der Waals surface area (Å²) in [7, 11) is 0. The van der Waals surface area contributed by atoms with Crippen molar-refractivity contribution in [3.63, 3.8) is 0 Å². The Morgan fingerprint density at radius 2 is 2.05 bits per heavy atom. The first-order valence-electron chi connectivity index (χ1n) is 6.68. The number of rotatable bonds is 2. The van der Waals surface area contributed by atoms with Crippen LogP contribution in [0.5, 0.6) is 0 Å². The number of amides is 2. The Hall–Kier alpha value is -2.04. The molecule has 0 radical (unpaired) electrons. The van der Waals surface area contributed by atoms with Gasteiger partial charge in [-0.15, -0.1) is 0 Å². The largest absolute Gasteiger partial charge is 0.478 e. The zero-order valence-electron chi connectivity index (χ0n) is 12.1. The predicted molar refractivity (Wildman–Crippen MR) is 77.1 cm³/mol. The average molecular weight is 276 g/mol. The second kappa shape index (κ2) is 5.15. The molecule has 20 heavy (non-hydrogen) atoms. The lowest BCUT2D eigenvalue weighted by molar-refractivity contribution is 0.0696. The molecule has 1 aliphatic heterocycles. The minimum Gasteiger partial charge on any atom is -0.478 e. The van der Waals surface area contributed by atoms with Crippen molar-refractivity contribution in [1.82, 2.24) is 4.90 Å². The van der Waals surface area contributed by atoms with Crippen molar-refractivity contribution in [2.75, 3.05) is 18.4 Å². The van der Waals surface area contributed by atoms with Gasteiger partial charge in [0, 0.05) is 18.8 Å². The van der Waals surface area contributed by atoms with E-state index in [0.717, 1.165) is 19.5 Å². The van der Waals surface area contributed by atoms with Crippen LogP contribution in [0, 0.1) is 12.3 Å². The molecule has 0 aromatic heterocycles. The van der Waals surface area contributed by atoms with Gasteiger partial charge in [-0.1, -0.05) is 19.9 Å². The second-order valence-electron chi connectivity index (χ2n) is 6.10. The van der Waals surface area contributed by atoms with E-state index in [1.807, 2.05) is 0 Å². The Labute approximate surface area is 118 Å². The van der Waals surface area contributed by atoms with Crippen molar-refractivity contribution in [3.8, 4) is 0 Å². The summed E-state index contributed by atoms with van der Waals surface area (Å²) in [5.41, 5.74) is 1.56. The SMILES string of the molecule is Cc1ccc(NC(=O)N2CCC(C)(C)C2)cc1C(=O)O. The lowest BCUT2D eigenvalue weighted by Crippen LogP contribution is -2.34. The van der Waals surface area contributed by atoms with Crippen molar-refractivity contribution in [1.29, 1.82) is 0 Å². The monoisotopic (exact) mass is 276 g/mol. The number of aromatic carboxylic acids is 1. The van der Waals surface area contributed by atoms with E-state index in [4.69, 9.17) is 5.11 Å². The third-order valence-electron chi connectivity index (χ3n) is 3.68. The van der Waals surface area contributed by atoms with E-state index < -0.39 is 5.97 Å². The number of likely N-dealkylation sites (tertiary alicyclic amines) is 1. The van der Waals surface area contributed by atoms with Gasteiger partial charge in [-0.25, -0.2) is 9.59 Å². The van der Waals surface area contributed by atoms with Crippen LogP contribution in [-0.4, -0.2) is 35.1 Å². The van der Waals surface area contributed by atoms with E-state index in [-0.39, 0.29) is 17.0 Å². The van der Waals surface area contributed by atoms with Gasteiger partial charge in [0.15, 0.2) is 0 Å². The Bertz CT molecular complexity index is 552. The summed E-state index contributed by atoms with van der Waals surface area (Å²) in [6, 6.07) is 4.75. The summed E-state index contributed by atoms with van der Waals surface area (Å²) in [4.78, 5) is 25.0.